The lowest BCUT2D eigenvalue weighted by Crippen LogP contribution is -2.32. The topological polar surface area (TPSA) is 114 Å². The van der Waals surface area contributed by atoms with Crippen molar-refractivity contribution in [3.8, 4) is 5.75 Å². The van der Waals surface area contributed by atoms with Gasteiger partial charge >= 0.3 is 6.03 Å². The Labute approximate surface area is 178 Å². The lowest BCUT2D eigenvalue weighted by Gasteiger charge is -2.13. The molecule has 9 nitrogen and oxygen atoms in total. The van der Waals surface area contributed by atoms with Gasteiger partial charge in [0.2, 0.25) is 0 Å². The largest absolute Gasteiger partial charge is 0.495 e. The summed E-state index contributed by atoms with van der Waals surface area (Å²) in [5.41, 5.74) is 2.76. The minimum absolute atomic E-state index is 0.00691. The number of benzene rings is 2. The van der Waals surface area contributed by atoms with Gasteiger partial charge in [-0.1, -0.05) is 24.3 Å². The molecule has 4 rings (SSSR count). The molecule has 1 aromatic heterocycles. The van der Waals surface area contributed by atoms with E-state index in [0.717, 1.165) is 16.0 Å². The highest BCUT2D eigenvalue weighted by atomic mass is 16.5. The number of aryl methyl sites for hydroxylation is 1. The molecule has 2 heterocycles. The van der Waals surface area contributed by atoms with Gasteiger partial charge in [0.05, 0.1) is 31.7 Å². The van der Waals surface area contributed by atoms with Crippen molar-refractivity contribution < 1.29 is 19.1 Å². The quantitative estimate of drug-likeness (QED) is 0.630. The van der Waals surface area contributed by atoms with Crippen LogP contribution in [0.4, 0.5) is 16.3 Å². The number of carbonyl (C=O) groups excluding carboxylic acids is 3. The first kappa shape index (κ1) is 20.0. The molecule has 0 spiro atoms. The van der Waals surface area contributed by atoms with Crippen molar-refractivity contribution in [3.05, 3.63) is 77.2 Å². The number of imide groups is 1. The van der Waals surface area contributed by atoms with Crippen LogP contribution in [0.3, 0.4) is 0 Å². The molecule has 31 heavy (non-hydrogen) atoms. The fourth-order valence-corrected chi connectivity index (χ4v) is 3.25. The zero-order valence-corrected chi connectivity index (χ0v) is 16.9. The number of fused-ring (bicyclic) bond motifs is 1. The van der Waals surface area contributed by atoms with Crippen LogP contribution >= 0.6 is 0 Å². The van der Waals surface area contributed by atoms with Crippen molar-refractivity contribution in [3.63, 3.8) is 0 Å². The molecule has 0 saturated heterocycles. The Hall–Kier alpha value is -4.27. The number of hydrogen-bond acceptors (Lipinski definition) is 6. The molecule has 0 aliphatic carbocycles. The zero-order chi connectivity index (χ0) is 22.0. The maximum Gasteiger partial charge on any atom is 0.324 e. The first-order valence-corrected chi connectivity index (χ1v) is 9.45. The van der Waals surface area contributed by atoms with E-state index in [9.17, 15) is 14.4 Å². The summed E-state index contributed by atoms with van der Waals surface area (Å²) < 4.78 is 5.23. The number of nitrogens with zero attached hydrogens (tertiary/aromatic N) is 3. The first-order valence-electron chi connectivity index (χ1n) is 9.45. The first-order chi connectivity index (χ1) is 15.0. The molecule has 0 atom stereocenters. The Kier molecular flexibility index (Phi) is 5.31. The molecule has 0 saturated carbocycles. The molecule has 0 radical (unpaired) electrons. The van der Waals surface area contributed by atoms with Gasteiger partial charge < -0.3 is 10.1 Å². The monoisotopic (exact) mass is 417 g/mol. The van der Waals surface area contributed by atoms with E-state index >= 15 is 0 Å². The van der Waals surface area contributed by atoms with E-state index in [1.807, 2.05) is 19.1 Å². The number of rotatable bonds is 4. The summed E-state index contributed by atoms with van der Waals surface area (Å²) in [5, 5.41) is 5.23. The van der Waals surface area contributed by atoms with E-state index in [4.69, 9.17) is 4.74 Å². The van der Waals surface area contributed by atoms with E-state index in [0.29, 0.717) is 17.0 Å². The predicted molar refractivity (Wildman–Crippen MR) is 113 cm³/mol. The van der Waals surface area contributed by atoms with Gasteiger partial charge in [0.25, 0.3) is 11.8 Å². The predicted octanol–water partition coefficient (Wildman–Crippen LogP) is 3.23. The lowest BCUT2D eigenvalue weighted by atomic mass is 10.1. The molecule has 3 aromatic rings. The normalized spacial score (nSPS) is 12.3. The summed E-state index contributed by atoms with van der Waals surface area (Å²) in [7, 11) is 1.51. The van der Waals surface area contributed by atoms with Gasteiger partial charge in [0, 0.05) is 5.56 Å². The van der Waals surface area contributed by atoms with Crippen LogP contribution in [-0.2, 0) is 6.54 Å². The summed E-state index contributed by atoms with van der Waals surface area (Å²) in [6.45, 7) is 2.09. The van der Waals surface area contributed by atoms with Gasteiger partial charge in [0.15, 0.2) is 5.82 Å². The Morgan fingerprint density at radius 2 is 1.87 bits per heavy atom. The number of aromatic nitrogens is 2. The van der Waals surface area contributed by atoms with Gasteiger partial charge in [-0.15, -0.1) is 0 Å². The third-order valence-electron chi connectivity index (χ3n) is 4.78. The molecule has 1 aliphatic heterocycles. The van der Waals surface area contributed by atoms with Crippen LogP contribution in [0.15, 0.2) is 54.9 Å². The highest BCUT2D eigenvalue weighted by Gasteiger charge is 2.32. The highest BCUT2D eigenvalue weighted by Crippen LogP contribution is 2.26. The standard InChI is InChI=1S/C22H19N5O4/c1-13-7-8-18(31-2)16(9-13)25-22(30)26-19-11-23-17(10-24-19)21(29)27-12-14-5-3-4-6-15(14)20(27)28/h3-11H,12H2,1-2H3,(H2,24,25,26,30). The van der Waals surface area contributed by atoms with E-state index in [1.165, 1.54) is 19.5 Å². The van der Waals surface area contributed by atoms with Crippen LogP contribution < -0.4 is 15.4 Å². The highest BCUT2D eigenvalue weighted by molar-refractivity contribution is 6.12. The molecule has 2 N–H and O–H groups in total. The fraction of sp³-hybridized carbons (Fsp3) is 0.136. The number of carbonyl (C=O) groups is 3. The summed E-state index contributed by atoms with van der Waals surface area (Å²) in [5.74, 6) is -0.244. The number of ether oxygens (including phenoxy) is 1. The average Bonchev–Trinajstić information content (AvgIpc) is 3.10. The third-order valence-corrected chi connectivity index (χ3v) is 4.78. The van der Waals surface area contributed by atoms with Crippen molar-refractivity contribution in [1.29, 1.82) is 0 Å². The van der Waals surface area contributed by atoms with Crippen molar-refractivity contribution in [1.82, 2.24) is 14.9 Å². The molecule has 2 aromatic carbocycles. The molecule has 0 unspecified atom stereocenters. The van der Waals surface area contributed by atoms with E-state index in [2.05, 4.69) is 20.6 Å². The molecular weight excluding hydrogens is 398 g/mol. The van der Waals surface area contributed by atoms with Crippen molar-refractivity contribution >= 4 is 29.4 Å². The second-order valence-electron chi connectivity index (χ2n) is 6.92. The van der Waals surface area contributed by atoms with Crippen molar-refractivity contribution in [2.75, 3.05) is 17.7 Å². The van der Waals surface area contributed by atoms with Crippen LogP contribution in [0.25, 0.3) is 0 Å². The number of anilines is 2. The summed E-state index contributed by atoms with van der Waals surface area (Å²) >= 11 is 0. The zero-order valence-electron chi connectivity index (χ0n) is 16.9. The Morgan fingerprint density at radius 1 is 1.06 bits per heavy atom. The second kappa shape index (κ2) is 8.23. The van der Waals surface area contributed by atoms with Gasteiger partial charge in [-0.2, -0.15) is 0 Å². The maximum atomic E-state index is 12.7. The minimum atomic E-state index is -0.547. The maximum absolute atomic E-state index is 12.7. The Balaban J connectivity index is 1.42. The SMILES string of the molecule is COc1ccc(C)cc1NC(=O)Nc1cnc(C(=O)N2Cc3ccccc3C2=O)cn1. The Bertz CT molecular complexity index is 1180. The third kappa shape index (κ3) is 4.06. The van der Waals surface area contributed by atoms with Crippen molar-refractivity contribution in [2.45, 2.75) is 13.5 Å². The van der Waals surface area contributed by atoms with Gasteiger partial charge in [-0.3, -0.25) is 19.8 Å². The summed E-state index contributed by atoms with van der Waals surface area (Å²) in [6, 6.07) is 11.9. The van der Waals surface area contributed by atoms with E-state index < -0.39 is 11.9 Å². The van der Waals surface area contributed by atoms with Gasteiger partial charge in [0.1, 0.15) is 11.4 Å². The summed E-state index contributed by atoms with van der Waals surface area (Å²) in [4.78, 5) is 46.7. The number of hydrogen-bond donors (Lipinski definition) is 2. The molecule has 0 fully saturated rings. The lowest BCUT2D eigenvalue weighted by molar-refractivity contribution is 0.0627. The number of urea groups is 1. The number of nitrogens with one attached hydrogen (secondary N) is 2. The fourth-order valence-electron chi connectivity index (χ4n) is 3.25. The second-order valence-corrected chi connectivity index (χ2v) is 6.92. The van der Waals surface area contributed by atoms with Crippen LogP contribution in [0.2, 0.25) is 0 Å². The van der Waals surface area contributed by atoms with Crippen LogP contribution in [0, 0.1) is 6.92 Å². The molecule has 1 aliphatic rings. The molecular formula is C22H19N5O4. The van der Waals surface area contributed by atoms with Crippen LogP contribution in [0.1, 0.15) is 32.0 Å². The molecule has 4 amide bonds. The van der Waals surface area contributed by atoms with Gasteiger partial charge in [-0.05, 0) is 36.2 Å². The molecule has 9 heteroatoms. The van der Waals surface area contributed by atoms with E-state index in [1.54, 1.807) is 30.3 Å². The smallest absolute Gasteiger partial charge is 0.324 e. The molecule has 0 bridgehead atoms. The average molecular weight is 417 g/mol. The summed E-state index contributed by atoms with van der Waals surface area (Å²) in [6.07, 6.45) is 2.48. The van der Waals surface area contributed by atoms with Crippen molar-refractivity contribution in [2.24, 2.45) is 0 Å². The number of amides is 4. The number of methoxy groups -OCH3 is 1. The van der Waals surface area contributed by atoms with Gasteiger partial charge in [-0.25, -0.2) is 14.8 Å². The molecule has 156 valence electrons. The van der Waals surface area contributed by atoms with Crippen LogP contribution in [-0.4, -0.2) is 39.8 Å². The van der Waals surface area contributed by atoms with Crippen LogP contribution in [0.5, 0.6) is 5.75 Å². The minimum Gasteiger partial charge on any atom is -0.495 e. The Morgan fingerprint density at radius 3 is 2.58 bits per heavy atom. The van der Waals surface area contributed by atoms with E-state index in [-0.39, 0.29) is 24.0 Å².